The van der Waals surface area contributed by atoms with Gasteiger partial charge in [-0.3, -0.25) is 0 Å². The van der Waals surface area contributed by atoms with Gasteiger partial charge in [0.05, 0.1) is 6.26 Å². The highest BCUT2D eigenvalue weighted by Crippen LogP contribution is 2.17. The van der Waals surface area contributed by atoms with Crippen LogP contribution in [0.5, 0.6) is 0 Å². The molecule has 0 bridgehead atoms. The van der Waals surface area contributed by atoms with Crippen LogP contribution in [-0.2, 0) is 0 Å². The number of terminal acetylenes is 1. The molecule has 0 spiro atoms. The smallest absolute Gasteiger partial charge is 0.132 e. The average Bonchev–Trinajstić information content (AvgIpc) is 2.52. The van der Waals surface area contributed by atoms with Gasteiger partial charge in [-0.1, -0.05) is 0 Å². The Morgan fingerprint density at radius 2 is 2.55 bits per heavy atom. The molecule has 58 valence electrons. The molecule has 0 aliphatic rings. The molecule has 1 aromatic heterocycles. The molecule has 0 saturated heterocycles. The van der Waals surface area contributed by atoms with Gasteiger partial charge in [-0.05, 0) is 18.6 Å². The Balaban J connectivity index is 2.44. The van der Waals surface area contributed by atoms with Gasteiger partial charge in [0.2, 0.25) is 0 Å². The number of hydrogen-bond acceptors (Lipinski definition) is 2. The van der Waals surface area contributed by atoms with Gasteiger partial charge >= 0.3 is 0 Å². The number of rotatable bonds is 3. The maximum Gasteiger partial charge on any atom is 0.132 e. The molecule has 1 aromatic rings. The summed E-state index contributed by atoms with van der Waals surface area (Å²) < 4.78 is 4.97. The van der Waals surface area contributed by atoms with Gasteiger partial charge in [0.15, 0.2) is 0 Å². The molecule has 1 heterocycles. The first-order valence-electron chi connectivity index (χ1n) is 3.49. The third-order valence-corrected chi connectivity index (χ3v) is 1.43. The minimum absolute atomic E-state index is 0.555. The number of furan rings is 1. The fourth-order valence-electron chi connectivity index (χ4n) is 0.843. The Bertz CT molecular complexity index is 231. The Morgan fingerprint density at radius 1 is 1.73 bits per heavy atom. The normalized spacial score (nSPS) is 12.4. The summed E-state index contributed by atoms with van der Waals surface area (Å²) in [4.78, 5) is 0. The molecule has 0 aliphatic heterocycles. The van der Waals surface area contributed by atoms with Gasteiger partial charge in [-0.2, -0.15) is 0 Å². The first-order chi connectivity index (χ1) is 5.34. The maximum absolute atomic E-state index is 9.35. The van der Waals surface area contributed by atoms with Crippen LogP contribution in [0.1, 0.15) is 24.7 Å². The zero-order chi connectivity index (χ0) is 8.10. The lowest BCUT2D eigenvalue weighted by Gasteiger charge is -2.03. The van der Waals surface area contributed by atoms with Crippen molar-refractivity contribution >= 4 is 0 Å². The van der Waals surface area contributed by atoms with E-state index in [1.165, 1.54) is 6.26 Å². The van der Waals surface area contributed by atoms with Gasteiger partial charge in [-0.15, -0.1) is 12.3 Å². The lowest BCUT2D eigenvalue weighted by molar-refractivity contribution is 0.142. The van der Waals surface area contributed by atoms with Crippen molar-refractivity contribution in [2.45, 2.75) is 18.9 Å². The standard InChI is InChI=1S/C9H10O2/c1-2-3-5-8(10)9-6-4-7-11-9/h1,4,6-8,10H,3,5H2. The van der Waals surface area contributed by atoms with Crippen molar-refractivity contribution in [3.05, 3.63) is 24.2 Å². The molecule has 1 unspecified atom stereocenters. The summed E-state index contributed by atoms with van der Waals surface area (Å²) in [5, 5.41) is 9.35. The second-order valence-electron chi connectivity index (χ2n) is 2.27. The van der Waals surface area contributed by atoms with E-state index in [2.05, 4.69) is 5.92 Å². The zero-order valence-electron chi connectivity index (χ0n) is 6.16. The first kappa shape index (κ1) is 7.90. The summed E-state index contributed by atoms with van der Waals surface area (Å²) >= 11 is 0. The van der Waals surface area contributed by atoms with Crippen LogP contribution < -0.4 is 0 Å². The van der Waals surface area contributed by atoms with Crippen LogP contribution in [0.4, 0.5) is 0 Å². The topological polar surface area (TPSA) is 33.4 Å². The van der Waals surface area contributed by atoms with E-state index in [-0.39, 0.29) is 0 Å². The van der Waals surface area contributed by atoms with Gasteiger partial charge in [-0.25, -0.2) is 0 Å². The van der Waals surface area contributed by atoms with Gasteiger partial charge in [0.1, 0.15) is 11.9 Å². The van der Waals surface area contributed by atoms with E-state index in [1.807, 2.05) is 0 Å². The molecule has 1 atom stereocenters. The van der Waals surface area contributed by atoms with Gasteiger partial charge in [0, 0.05) is 6.42 Å². The third kappa shape index (κ3) is 2.14. The molecule has 0 aliphatic carbocycles. The second-order valence-corrected chi connectivity index (χ2v) is 2.27. The van der Waals surface area contributed by atoms with Crippen molar-refractivity contribution in [3.63, 3.8) is 0 Å². The summed E-state index contributed by atoms with van der Waals surface area (Å²) in [5.41, 5.74) is 0. The summed E-state index contributed by atoms with van der Waals surface area (Å²) in [7, 11) is 0. The molecule has 2 nitrogen and oxygen atoms in total. The van der Waals surface area contributed by atoms with E-state index in [0.29, 0.717) is 18.6 Å². The van der Waals surface area contributed by atoms with Gasteiger partial charge in [0.25, 0.3) is 0 Å². The SMILES string of the molecule is C#CCCC(O)c1ccco1. The van der Waals surface area contributed by atoms with Crippen LogP contribution in [0.25, 0.3) is 0 Å². The lowest BCUT2D eigenvalue weighted by Crippen LogP contribution is -1.93. The molecular weight excluding hydrogens is 140 g/mol. The van der Waals surface area contributed by atoms with E-state index >= 15 is 0 Å². The van der Waals surface area contributed by atoms with Crippen molar-refractivity contribution in [2.24, 2.45) is 0 Å². The molecule has 1 N–H and O–H groups in total. The van der Waals surface area contributed by atoms with Crippen molar-refractivity contribution < 1.29 is 9.52 Å². The third-order valence-electron chi connectivity index (χ3n) is 1.43. The van der Waals surface area contributed by atoms with E-state index in [4.69, 9.17) is 10.8 Å². The Morgan fingerprint density at radius 3 is 3.09 bits per heavy atom. The number of aliphatic hydroxyl groups excluding tert-OH is 1. The fraction of sp³-hybridized carbons (Fsp3) is 0.333. The molecule has 0 amide bonds. The van der Waals surface area contributed by atoms with Gasteiger partial charge < -0.3 is 9.52 Å². The molecule has 0 aromatic carbocycles. The zero-order valence-corrected chi connectivity index (χ0v) is 6.16. The van der Waals surface area contributed by atoms with E-state index in [9.17, 15) is 5.11 Å². The lowest BCUT2D eigenvalue weighted by atomic mass is 10.1. The van der Waals surface area contributed by atoms with Crippen LogP contribution in [0.2, 0.25) is 0 Å². The Hall–Kier alpha value is -1.20. The summed E-state index contributed by atoms with van der Waals surface area (Å²) in [6.07, 6.45) is 7.15. The maximum atomic E-state index is 9.35. The van der Waals surface area contributed by atoms with Crippen molar-refractivity contribution in [2.75, 3.05) is 0 Å². The highest BCUT2D eigenvalue weighted by atomic mass is 16.4. The van der Waals surface area contributed by atoms with E-state index in [0.717, 1.165) is 0 Å². The minimum Gasteiger partial charge on any atom is -0.467 e. The predicted molar refractivity (Wildman–Crippen MR) is 41.7 cm³/mol. The monoisotopic (exact) mass is 150 g/mol. The van der Waals surface area contributed by atoms with Crippen LogP contribution in [0, 0.1) is 12.3 Å². The fourth-order valence-corrected chi connectivity index (χ4v) is 0.843. The molecule has 11 heavy (non-hydrogen) atoms. The molecule has 2 heteroatoms. The average molecular weight is 150 g/mol. The number of aliphatic hydroxyl groups is 1. The highest BCUT2D eigenvalue weighted by Gasteiger charge is 2.07. The molecular formula is C9H10O2. The second kappa shape index (κ2) is 3.85. The van der Waals surface area contributed by atoms with Crippen LogP contribution in [0.15, 0.2) is 22.8 Å². The summed E-state index contributed by atoms with van der Waals surface area (Å²) in [5.74, 6) is 3.04. The predicted octanol–water partition coefficient (Wildman–Crippen LogP) is 1.73. The Labute approximate surface area is 65.8 Å². The van der Waals surface area contributed by atoms with Crippen LogP contribution in [-0.4, -0.2) is 5.11 Å². The van der Waals surface area contributed by atoms with Crippen molar-refractivity contribution in [1.29, 1.82) is 0 Å². The number of hydrogen-bond donors (Lipinski definition) is 1. The Kier molecular flexibility index (Phi) is 2.76. The highest BCUT2D eigenvalue weighted by molar-refractivity contribution is 5.02. The van der Waals surface area contributed by atoms with Crippen molar-refractivity contribution in [1.82, 2.24) is 0 Å². The van der Waals surface area contributed by atoms with E-state index < -0.39 is 6.10 Å². The molecule has 0 saturated carbocycles. The summed E-state index contributed by atoms with van der Waals surface area (Å²) in [6.45, 7) is 0. The largest absolute Gasteiger partial charge is 0.467 e. The quantitative estimate of drug-likeness (QED) is 0.665. The minimum atomic E-state index is -0.555. The molecule has 0 fully saturated rings. The first-order valence-corrected chi connectivity index (χ1v) is 3.49. The molecule has 0 radical (unpaired) electrons. The van der Waals surface area contributed by atoms with E-state index in [1.54, 1.807) is 12.1 Å². The van der Waals surface area contributed by atoms with Crippen LogP contribution in [0.3, 0.4) is 0 Å². The van der Waals surface area contributed by atoms with Crippen molar-refractivity contribution in [3.8, 4) is 12.3 Å². The summed E-state index contributed by atoms with van der Waals surface area (Å²) in [6, 6.07) is 3.48. The van der Waals surface area contributed by atoms with Crippen LogP contribution >= 0.6 is 0 Å². The molecule has 1 rings (SSSR count).